The number of carbonyl (C=O) groups excluding carboxylic acids is 2. The Balaban J connectivity index is 2.17. The number of benzene rings is 2. The summed E-state index contributed by atoms with van der Waals surface area (Å²) < 4.78 is 0. The Morgan fingerprint density at radius 3 is 1.08 bits per heavy atom. The summed E-state index contributed by atoms with van der Waals surface area (Å²) >= 11 is 0. The number of nitrogens with zero attached hydrogens (tertiary/aromatic N) is 2. The zero-order valence-corrected chi connectivity index (χ0v) is 16.2. The van der Waals surface area contributed by atoms with E-state index in [-0.39, 0.29) is 11.8 Å². The predicted octanol–water partition coefficient (Wildman–Crippen LogP) is 4.32. The molecule has 2 aromatic carbocycles. The Labute approximate surface area is 156 Å². The summed E-state index contributed by atoms with van der Waals surface area (Å²) in [5.74, 6) is 0.114. The first-order chi connectivity index (χ1) is 12.5. The highest BCUT2D eigenvalue weighted by molar-refractivity contribution is 5.95. The minimum atomic E-state index is 0.0571. The summed E-state index contributed by atoms with van der Waals surface area (Å²) in [4.78, 5) is 28.4. The summed E-state index contributed by atoms with van der Waals surface area (Å²) in [6, 6.07) is 15.3. The maximum Gasteiger partial charge on any atom is 0.253 e. The lowest BCUT2D eigenvalue weighted by molar-refractivity contribution is 0.0765. The molecule has 0 fully saturated rings. The van der Waals surface area contributed by atoms with Gasteiger partial charge in [-0.15, -0.1) is 0 Å². The molecule has 0 aromatic heterocycles. The smallest absolute Gasteiger partial charge is 0.253 e. The fourth-order valence-electron chi connectivity index (χ4n) is 3.00. The quantitative estimate of drug-likeness (QED) is 0.745. The molecule has 2 amide bonds. The second kappa shape index (κ2) is 9.18. The standard InChI is InChI=1S/C22H28N2O2/c1-5-23(6-2)21(25)19-13-9-17(10-14-19)18-11-15-20(16-12-18)22(26)24(7-3)8-4/h9-16H,5-8H2,1-4H3. The average Bonchev–Trinajstić information content (AvgIpc) is 2.70. The van der Waals surface area contributed by atoms with Gasteiger partial charge < -0.3 is 9.80 Å². The third-order valence-electron chi connectivity index (χ3n) is 4.70. The predicted molar refractivity (Wildman–Crippen MR) is 106 cm³/mol. The van der Waals surface area contributed by atoms with E-state index in [0.29, 0.717) is 37.3 Å². The maximum absolute atomic E-state index is 12.4. The molecule has 0 bridgehead atoms. The van der Waals surface area contributed by atoms with Crippen LogP contribution in [0.2, 0.25) is 0 Å². The topological polar surface area (TPSA) is 40.6 Å². The van der Waals surface area contributed by atoms with Crippen molar-refractivity contribution in [1.29, 1.82) is 0 Å². The Bertz CT molecular complexity index is 662. The van der Waals surface area contributed by atoms with E-state index in [2.05, 4.69) is 0 Å². The van der Waals surface area contributed by atoms with Crippen LogP contribution < -0.4 is 0 Å². The lowest BCUT2D eigenvalue weighted by Crippen LogP contribution is -2.30. The molecule has 138 valence electrons. The Kier molecular flexibility index (Phi) is 6.96. The number of amides is 2. The van der Waals surface area contributed by atoms with Crippen molar-refractivity contribution in [2.45, 2.75) is 27.7 Å². The third kappa shape index (κ3) is 4.31. The molecule has 0 N–H and O–H groups in total. The van der Waals surface area contributed by atoms with Crippen LogP contribution in [0, 0.1) is 0 Å². The van der Waals surface area contributed by atoms with Crippen LogP contribution in [0.1, 0.15) is 48.4 Å². The minimum Gasteiger partial charge on any atom is -0.339 e. The summed E-state index contributed by atoms with van der Waals surface area (Å²) in [5, 5.41) is 0. The van der Waals surface area contributed by atoms with Gasteiger partial charge in [0.2, 0.25) is 0 Å². The van der Waals surface area contributed by atoms with Gasteiger partial charge in [0.25, 0.3) is 11.8 Å². The first-order valence-electron chi connectivity index (χ1n) is 9.34. The van der Waals surface area contributed by atoms with E-state index in [1.165, 1.54) is 0 Å². The molecular weight excluding hydrogens is 324 g/mol. The second-order valence-corrected chi connectivity index (χ2v) is 6.11. The largest absolute Gasteiger partial charge is 0.339 e. The Hall–Kier alpha value is -2.62. The van der Waals surface area contributed by atoms with Crippen molar-refractivity contribution >= 4 is 11.8 Å². The van der Waals surface area contributed by atoms with E-state index in [4.69, 9.17) is 0 Å². The van der Waals surface area contributed by atoms with Gasteiger partial charge in [-0.05, 0) is 63.1 Å². The van der Waals surface area contributed by atoms with E-state index in [9.17, 15) is 9.59 Å². The highest BCUT2D eigenvalue weighted by Crippen LogP contribution is 2.21. The molecule has 4 nitrogen and oxygen atoms in total. The summed E-state index contributed by atoms with van der Waals surface area (Å²) in [5.41, 5.74) is 3.46. The number of hydrogen-bond donors (Lipinski definition) is 0. The van der Waals surface area contributed by atoms with Gasteiger partial charge >= 0.3 is 0 Å². The highest BCUT2D eigenvalue weighted by Gasteiger charge is 2.14. The van der Waals surface area contributed by atoms with Crippen LogP contribution in [0.15, 0.2) is 48.5 Å². The third-order valence-corrected chi connectivity index (χ3v) is 4.70. The molecular formula is C22H28N2O2. The second-order valence-electron chi connectivity index (χ2n) is 6.11. The van der Waals surface area contributed by atoms with Gasteiger partial charge in [-0.3, -0.25) is 9.59 Å². The van der Waals surface area contributed by atoms with E-state index >= 15 is 0 Å². The molecule has 0 radical (unpaired) electrons. The van der Waals surface area contributed by atoms with Gasteiger partial charge in [0.15, 0.2) is 0 Å². The Morgan fingerprint density at radius 2 is 0.846 bits per heavy atom. The molecule has 2 rings (SSSR count). The van der Waals surface area contributed by atoms with Crippen molar-refractivity contribution in [3.63, 3.8) is 0 Å². The van der Waals surface area contributed by atoms with Crippen molar-refractivity contribution in [3.8, 4) is 11.1 Å². The van der Waals surface area contributed by atoms with Gasteiger partial charge in [-0.1, -0.05) is 24.3 Å². The van der Waals surface area contributed by atoms with E-state index in [1.54, 1.807) is 0 Å². The number of carbonyl (C=O) groups is 2. The van der Waals surface area contributed by atoms with Crippen LogP contribution >= 0.6 is 0 Å². The lowest BCUT2D eigenvalue weighted by Gasteiger charge is -2.19. The molecule has 26 heavy (non-hydrogen) atoms. The molecule has 0 saturated carbocycles. The first-order valence-corrected chi connectivity index (χ1v) is 9.34. The van der Waals surface area contributed by atoms with E-state index in [0.717, 1.165) is 11.1 Å². The SMILES string of the molecule is CCN(CC)C(=O)c1ccc(-c2ccc(C(=O)N(CC)CC)cc2)cc1. The summed E-state index contributed by atoms with van der Waals surface area (Å²) in [7, 11) is 0. The van der Waals surface area contributed by atoms with Crippen molar-refractivity contribution in [3.05, 3.63) is 59.7 Å². The number of rotatable bonds is 7. The van der Waals surface area contributed by atoms with Crippen molar-refractivity contribution in [2.24, 2.45) is 0 Å². The van der Waals surface area contributed by atoms with Crippen molar-refractivity contribution in [2.75, 3.05) is 26.2 Å². The lowest BCUT2D eigenvalue weighted by atomic mass is 10.0. The zero-order valence-electron chi connectivity index (χ0n) is 16.2. The molecule has 0 aliphatic heterocycles. The molecule has 0 aliphatic rings. The van der Waals surface area contributed by atoms with Crippen LogP contribution in [-0.4, -0.2) is 47.8 Å². The Morgan fingerprint density at radius 1 is 0.577 bits per heavy atom. The molecule has 0 aliphatic carbocycles. The van der Waals surface area contributed by atoms with Gasteiger partial charge in [0.1, 0.15) is 0 Å². The van der Waals surface area contributed by atoms with Crippen LogP contribution in [0.3, 0.4) is 0 Å². The fourth-order valence-corrected chi connectivity index (χ4v) is 3.00. The van der Waals surface area contributed by atoms with Gasteiger partial charge in [0, 0.05) is 37.3 Å². The normalized spacial score (nSPS) is 10.5. The molecule has 0 heterocycles. The molecule has 0 saturated heterocycles. The highest BCUT2D eigenvalue weighted by atomic mass is 16.2. The zero-order chi connectivity index (χ0) is 19.1. The van der Waals surface area contributed by atoms with Crippen molar-refractivity contribution in [1.82, 2.24) is 9.80 Å². The van der Waals surface area contributed by atoms with Crippen LogP contribution in [0.4, 0.5) is 0 Å². The van der Waals surface area contributed by atoms with Crippen LogP contribution in [0.5, 0.6) is 0 Å². The fraction of sp³-hybridized carbons (Fsp3) is 0.364. The molecule has 4 heteroatoms. The molecule has 0 unspecified atom stereocenters. The van der Waals surface area contributed by atoms with Gasteiger partial charge in [-0.25, -0.2) is 0 Å². The van der Waals surface area contributed by atoms with Crippen LogP contribution in [0.25, 0.3) is 11.1 Å². The van der Waals surface area contributed by atoms with E-state index in [1.807, 2.05) is 86.0 Å². The molecule has 0 atom stereocenters. The summed E-state index contributed by atoms with van der Waals surface area (Å²) in [6.45, 7) is 10.8. The van der Waals surface area contributed by atoms with Gasteiger partial charge in [-0.2, -0.15) is 0 Å². The van der Waals surface area contributed by atoms with E-state index < -0.39 is 0 Å². The number of hydrogen-bond acceptors (Lipinski definition) is 2. The van der Waals surface area contributed by atoms with Crippen LogP contribution in [-0.2, 0) is 0 Å². The first kappa shape index (κ1) is 19.7. The summed E-state index contributed by atoms with van der Waals surface area (Å²) in [6.07, 6.45) is 0. The average molecular weight is 352 g/mol. The molecule has 2 aromatic rings. The van der Waals surface area contributed by atoms with Crippen molar-refractivity contribution < 1.29 is 9.59 Å². The maximum atomic E-state index is 12.4. The minimum absolute atomic E-state index is 0.0571. The molecule has 0 spiro atoms. The van der Waals surface area contributed by atoms with Gasteiger partial charge in [0.05, 0.1) is 0 Å². The monoisotopic (exact) mass is 352 g/mol.